The SMILES string of the molecule is CN(C(=N)NC(=O)c1ccccc1)C(C#Cc1ccccc1)c1ccc(Cl)cc1. The molecule has 0 radical (unpaired) electrons. The van der Waals surface area contributed by atoms with Crippen LogP contribution in [0, 0.1) is 17.3 Å². The van der Waals surface area contributed by atoms with E-state index >= 15 is 0 Å². The van der Waals surface area contributed by atoms with E-state index in [1.807, 2.05) is 48.5 Å². The molecule has 1 unspecified atom stereocenters. The van der Waals surface area contributed by atoms with Crippen molar-refractivity contribution in [2.45, 2.75) is 6.04 Å². The largest absolute Gasteiger partial charge is 0.328 e. The number of guanidine groups is 1. The Labute approximate surface area is 175 Å². The van der Waals surface area contributed by atoms with Crippen LogP contribution in [0.3, 0.4) is 0 Å². The van der Waals surface area contributed by atoms with Crippen LogP contribution in [0.4, 0.5) is 0 Å². The fourth-order valence-corrected chi connectivity index (χ4v) is 2.83. The number of carbonyl (C=O) groups is 1. The van der Waals surface area contributed by atoms with Gasteiger partial charge in [0.15, 0.2) is 5.96 Å². The van der Waals surface area contributed by atoms with Crippen LogP contribution in [0.15, 0.2) is 84.9 Å². The smallest absolute Gasteiger partial charge is 0.257 e. The minimum absolute atomic E-state index is 0.0406. The van der Waals surface area contributed by atoms with E-state index in [4.69, 9.17) is 17.0 Å². The average Bonchev–Trinajstić information content (AvgIpc) is 2.76. The maximum absolute atomic E-state index is 12.4. The van der Waals surface area contributed by atoms with Crippen molar-refractivity contribution in [1.29, 1.82) is 5.41 Å². The molecule has 0 aromatic heterocycles. The highest BCUT2D eigenvalue weighted by Crippen LogP contribution is 2.21. The van der Waals surface area contributed by atoms with Crippen LogP contribution in [-0.4, -0.2) is 23.8 Å². The molecule has 3 rings (SSSR count). The third-order valence-corrected chi connectivity index (χ3v) is 4.57. The Hall–Kier alpha value is -3.55. The van der Waals surface area contributed by atoms with Crippen molar-refractivity contribution in [2.75, 3.05) is 7.05 Å². The summed E-state index contributed by atoms with van der Waals surface area (Å²) < 4.78 is 0. The van der Waals surface area contributed by atoms with Gasteiger partial charge in [0.2, 0.25) is 0 Å². The van der Waals surface area contributed by atoms with Gasteiger partial charge in [-0.15, -0.1) is 0 Å². The molecule has 0 saturated carbocycles. The molecule has 0 aliphatic carbocycles. The van der Waals surface area contributed by atoms with Crippen LogP contribution in [0.25, 0.3) is 0 Å². The highest BCUT2D eigenvalue weighted by molar-refractivity contribution is 6.30. The topological polar surface area (TPSA) is 56.2 Å². The van der Waals surface area contributed by atoms with Crippen molar-refractivity contribution in [3.05, 3.63) is 107 Å². The Morgan fingerprint density at radius 2 is 1.55 bits per heavy atom. The van der Waals surface area contributed by atoms with Crippen molar-refractivity contribution in [3.8, 4) is 11.8 Å². The molecule has 0 spiro atoms. The molecular formula is C24H20ClN3O. The number of nitrogens with zero attached hydrogens (tertiary/aromatic N) is 1. The molecule has 1 atom stereocenters. The lowest BCUT2D eigenvalue weighted by Crippen LogP contribution is -2.42. The maximum atomic E-state index is 12.4. The van der Waals surface area contributed by atoms with Gasteiger partial charge in [-0.25, -0.2) is 0 Å². The number of hydrogen-bond donors (Lipinski definition) is 2. The van der Waals surface area contributed by atoms with Crippen molar-refractivity contribution >= 4 is 23.5 Å². The molecule has 144 valence electrons. The molecule has 0 bridgehead atoms. The zero-order valence-electron chi connectivity index (χ0n) is 15.9. The summed E-state index contributed by atoms with van der Waals surface area (Å²) in [5.41, 5.74) is 2.24. The monoisotopic (exact) mass is 401 g/mol. The molecule has 4 nitrogen and oxygen atoms in total. The third-order valence-electron chi connectivity index (χ3n) is 4.32. The van der Waals surface area contributed by atoms with Gasteiger partial charge in [0.25, 0.3) is 5.91 Å². The predicted octanol–water partition coefficient (Wildman–Crippen LogP) is 4.73. The highest BCUT2D eigenvalue weighted by Gasteiger charge is 2.19. The van der Waals surface area contributed by atoms with E-state index in [9.17, 15) is 4.79 Å². The summed E-state index contributed by atoms with van der Waals surface area (Å²) in [5, 5.41) is 11.6. The number of benzene rings is 3. The zero-order chi connectivity index (χ0) is 20.6. The van der Waals surface area contributed by atoms with Crippen molar-refractivity contribution in [1.82, 2.24) is 10.2 Å². The van der Waals surface area contributed by atoms with E-state index in [1.165, 1.54) is 0 Å². The molecule has 2 N–H and O–H groups in total. The summed E-state index contributed by atoms with van der Waals surface area (Å²) in [4.78, 5) is 14.0. The lowest BCUT2D eigenvalue weighted by molar-refractivity contribution is 0.0972. The zero-order valence-corrected chi connectivity index (χ0v) is 16.6. The van der Waals surface area contributed by atoms with E-state index in [1.54, 1.807) is 48.3 Å². The fraction of sp³-hybridized carbons (Fsp3) is 0.0833. The number of amides is 1. The number of hydrogen-bond acceptors (Lipinski definition) is 2. The van der Waals surface area contributed by atoms with E-state index in [0.717, 1.165) is 11.1 Å². The molecule has 3 aromatic rings. The van der Waals surface area contributed by atoms with Crippen molar-refractivity contribution < 1.29 is 4.79 Å². The van der Waals surface area contributed by atoms with E-state index in [-0.39, 0.29) is 11.9 Å². The summed E-state index contributed by atoms with van der Waals surface area (Å²) in [5.74, 6) is 5.97. The summed E-state index contributed by atoms with van der Waals surface area (Å²) in [6.07, 6.45) is 0. The van der Waals surface area contributed by atoms with Gasteiger partial charge < -0.3 is 4.90 Å². The number of halogens is 1. The fourth-order valence-electron chi connectivity index (χ4n) is 2.71. The Morgan fingerprint density at radius 1 is 0.966 bits per heavy atom. The third kappa shape index (κ3) is 5.47. The van der Waals surface area contributed by atoms with Crippen LogP contribution in [0.2, 0.25) is 5.02 Å². The molecule has 29 heavy (non-hydrogen) atoms. The Bertz CT molecular complexity index is 1040. The van der Waals surface area contributed by atoms with Gasteiger partial charge in [0.1, 0.15) is 6.04 Å². The quantitative estimate of drug-likeness (QED) is 0.378. The van der Waals surface area contributed by atoms with Gasteiger partial charge in [0, 0.05) is 23.2 Å². The Morgan fingerprint density at radius 3 is 2.17 bits per heavy atom. The van der Waals surface area contributed by atoms with Crippen LogP contribution in [0.1, 0.15) is 27.5 Å². The van der Waals surface area contributed by atoms with E-state index < -0.39 is 6.04 Å². The highest BCUT2D eigenvalue weighted by atomic mass is 35.5. The molecule has 1 amide bonds. The van der Waals surface area contributed by atoms with Crippen LogP contribution in [-0.2, 0) is 0 Å². The van der Waals surface area contributed by atoms with Gasteiger partial charge >= 0.3 is 0 Å². The standard InChI is InChI=1S/C24H20ClN3O/c1-28(24(26)27-23(29)20-10-6-3-7-11-20)22(19-13-15-21(25)16-14-19)17-12-18-8-4-2-5-9-18/h2-11,13-16,22H,1H3,(H2,26,27,29). The second-order valence-electron chi connectivity index (χ2n) is 6.37. The van der Waals surface area contributed by atoms with Crippen LogP contribution >= 0.6 is 11.6 Å². The van der Waals surface area contributed by atoms with Crippen LogP contribution in [0.5, 0.6) is 0 Å². The molecule has 0 heterocycles. The minimum Gasteiger partial charge on any atom is -0.328 e. The summed E-state index contributed by atoms with van der Waals surface area (Å²) >= 11 is 6.02. The van der Waals surface area contributed by atoms with Gasteiger partial charge in [-0.3, -0.25) is 15.5 Å². The minimum atomic E-state index is -0.434. The van der Waals surface area contributed by atoms with Gasteiger partial charge in [-0.1, -0.05) is 72.0 Å². The Balaban J connectivity index is 1.84. The molecule has 0 saturated heterocycles. The van der Waals surface area contributed by atoms with Gasteiger partial charge in [0.05, 0.1) is 0 Å². The van der Waals surface area contributed by atoms with Gasteiger partial charge in [-0.2, -0.15) is 0 Å². The van der Waals surface area contributed by atoms with Crippen molar-refractivity contribution in [2.24, 2.45) is 0 Å². The summed E-state index contributed by atoms with van der Waals surface area (Å²) in [6, 6.07) is 25.3. The first-order valence-electron chi connectivity index (χ1n) is 9.04. The summed E-state index contributed by atoms with van der Waals surface area (Å²) in [7, 11) is 1.73. The molecule has 0 aliphatic rings. The summed E-state index contributed by atoms with van der Waals surface area (Å²) in [6.45, 7) is 0. The van der Waals surface area contributed by atoms with Gasteiger partial charge in [-0.05, 0) is 42.0 Å². The molecule has 3 aromatic carbocycles. The molecular weight excluding hydrogens is 382 g/mol. The van der Waals surface area contributed by atoms with Crippen LogP contribution < -0.4 is 5.32 Å². The van der Waals surface area contributed by atoms with Crippen molar-refractivity contribution in [3.63, 3.8) is 0 Å². The lowest BCUT2D eigenvalue weighted by atomic mass is 10.1. The first-order chi connectivity index (χ1) is 14.0. The van der Waals surface area contributed by atoms with E-state index in [2.05, 4.69) is 17.2 Å². The predicted molar refractivity (Wildman–Crippen MR) is 117 cm³/mol. The number of rotatable bonds is 3. The second-order valence-corrected chi connectivity index (χ2v) is 6.81. The first kappa shape index (κ1) is 20.2. The number of carbonyl (C=O) groups excluding carboxylic acids is 1. The molecule has 0 fully saturated rings. The van der Waals surface area contributed by atoms with E-state index in [0.29, 0.717) is 10.6 Å². The average molecular weight is 402 g/mol. The maximum Gasteiger partial charge on any atom is 0.257 e. The Kier molecular flexibility index (Phi) is 6.67. The number of nitrogens with one attached hydrogen (secondary N) is 2. The lowest BCUT2D eigenvalue weighted by Gasteiger charge is -2.27. The molecule has 0 aliphatic heterocycles. The second kappa shape index (κ2) is 9.59. The normalized spacial score (nSPS) is 11.0. The first-order valence-corrected chi connectivity index (χ1v) is 9.42. The molecule has 5 heteroatoms.